The molecule has 5 nitrogen and oxygen atoms in total. The highest BCUT2D eigenvalue weighted by Crippen LogP contribution is 2.14. The predicted molar refractivity (Wildman–Crippen MR) is 78.1 cm³/mol. The number of rotatable bonds is 5. The number of anilines is 1. The van der Waals surface area contributed by atoms with Crippen LogP contribution in [0.25, 0.3) is 0 Å². The van der Waals surface area contributed by atoms with Gasteiger partial charge >= 0.3 is 0 Å². The largest absolute Gasteiger partial charge is 0.494 e. The molecule has 0 aliphatic heterocycles. The third-order valence-corrected chi connectivity index (χ3v) is 2.83. The fraction of sp³-hybridized carbons (Fsp3) is 0.333. The first-order valence-electron chi connectivity index (χ1n) is 6.65. The molecule has 20 heavy (non-hydrogen) atoms. The molecule has 0 spiro atoms. The highest BCUT2D eigenvalue weighted by Gasteiger charge is 2.09. The van der Waals surface area contributed by atoms with Gasteiger partial charge in [0, 0.05) is 18.7 Å². The van der Waals surface area contributed by atoms with E-state index < -0.39 is 0 Å². The van der Waals surface area contributed by atoms with Crippen LogP contribution in [0.4, 0.5) is 5.82 Å². The third kappa shape index (κ3) is 3.38. The van der Waals surface area contributed by atoms with Crippen LogP contribution >= 0.6 is 0 Å². The second-order valence-electron chi connectivity index (χ2n) is 4.62. The molecule has 0 saturated carbocycles. The van der Waals surface area contributed by atoms with E-state index in [0.29, 0.717) is 18.0 Å². The molecule has 1 aromatic heterocycles. The lowest BCUT2D eigenvalue weighted by molar-refractivity contribution is 0.102. The SMILES string of the molecule is CCCOc1ccc(C(=O)Nc2cc(C)nn2C)cc1. The molecular formula is C15H19N3O2. The van der Waals surface area contributed by atoms with Gasteiger partial charge in [-0.25, -0.2) is 0 Å². The lowest BCUT2D eigenvalue weighted by atomic mass is 10.2. The minimum atomic E-state index is -0.157. The number of carbonyl (C=O) groups is 1. The summed E-state index contributed by atoms with van der Waals surface area (Å²) >= 11 is 0. The summed E-state index contributed by atoms with van der Waals surface area (Å²) in [5, 5.41) is 7.02. The van der Waals surface area contributed by atoms with Crippen molar-refractivity contribution in [1.82, 2.24) is 9.78 Å². The topological polar surface area (TPSA) is 56.1 Å². The van der Waals surface area contributed by atoms with E-state index in [1.54, 1.807) is 36.0 Å². The van der Waals surface area contributed by atoms with Gasteiger partial charge in [-0.3, -0.25) is 9.48 Å². The lowest BCUT2D eigenvalue weighted by Gasteiger charge is -2.07. The molecule has 1 N–H and O–H groups in total. The fourth-order valence-corrected chi connectivity index (χ4v) is 1.84. The summed E-state index contributed by atoms with van der Waals surface area (Å²) in [5.74, 6) is 1.30. The Bertz CT molecular complexity index is 588. The Hall–Kier alpha value is -2.30. The highest BCUT2D eigenvalue weighted by molar-refractivity contribution is 6.03. The normalized spacial score (nSPS) is 10.3. The number of nitrogens with one attached hydrogen (secondary N) is 1. The Balaban J connectivity index is 2.04. The van der Waals surface area contributed by atoms with E-state index in [9.17, 15) is 4.79 Å². The molecule has 0 bridgehead atoms. The maximum absolute atomic E-state index is 12.1. The lowest BCUT2D eigenvalue weighted by Crippen LogP contribution is -2.14. The van der Waals surface area contributed by atoms with E-state index in [1.807, 2.05) is 13.0 Å². The van der Waals surface area contributed by atoms with Crippen LogP contribution in [0, 0.1) is 6.92 Å². The molecule has 106 valence electrons. The number of benzene rings is 1. The molecule has 0 aliphatic rings. The summed E-state index contributed by atoms with van der Waals surface area (Å²) in [6.07, 6.45) is 0.960. The van der Waals surface area contributed by atoms with Crippen LogP contribution in [0.3, 0.4) is 0 Å². The molecule has 1 heterocycles. The first-order valence-corrected chi connectivity index (χ1v) is 6.65. The molecule has 0 fully saturated rings. The number of ether oxygens (including phenoxy) is 1. The molecule has 0 saturated heterocycles. The average molecular weight is 273 g/mol. The van der Waals surface area contributed by atoms with Crippen molar-refractivity contribution in [2.75, 3.05) is 11.9 Å². The Morgan fingerprint density at radius 3 is 2.60 bits per heavy atom. The molecule has 0 unspecified atom stereocenters. The number of amides is 1. The Morgan fingerprint density at radius 2 is 2.05 bits per heavy atom. The van der Waals surface area contributed by atoms with Gasteiger partial charge in [0.1, 0.15) is 11.6 Å². The highest BCUT2D eigenvalue weighted by atomic mass is 16.5. The summed E-state index contributed by atoms with van der Waals surface area (Å²) in [5.41, 5.74) is 1.46. The zero-order chi connectivity index (χ0) is 14.5. The minimum absolute atomic E-state index is 0.157. The van der Waals surface area contributed by atoms with E-state index >= 15 is 0 Å². The van der Waals surface area contributed by atoms with Crippen molar-refractivity contribution in [1.29, 1.82) is 0 Å². The maximum Gasteiger partial charge on any atom is 0.256 e. The number of nitrogens with zero attached hydrogens (tertiary/aromatic N) is 2. The molecule has 2 aromatic rings. The van der Waals surface area contributed by atoms with Gasteiger partial charge in [0.25, 0.3) is 5.91 Å². The van der Waals surface area contributed by atoms with E-state index in [4.69, 9.17) is 4.74 Å². The molecule has 0 radical (unpaired) electrons. The van der Waals surface area contributed by atoms with E-state index in [2.05, 4.69) is 17.3 Å². The zero-order valence-corrected chi connectivity index (χ0v) is 12.0. The maximum atomic E-state index is 12.1. The van der Waals surface area contributed by atoms with Crippen LogP contribution in [0.5, 0.6) is 5.75 Å². The Morgan fingerprint density at radius 1 is 1.35 bits per heavy atom. The van der Waals surface area contributed by atoms with Crippen LogP contribution in [-0.4, -0.2) is 22.3 Å². The second kappa shape index (κ2) is 6.23. The number of carbonyl (C=O) groups excluding carboxylic acids is 1. The predicted octanol–water partition coefficient (Wildman–Crippen LogP) is 2.77. The van der Waals surface area contributed by atoms with E-state index in [0.717, 1.165) is 17.9 Å². The van der Waals surface area contributed by atoms with Crippen molar-refractivity contribution in [3.05, 3.63) is 41.6 Å². The molecule has 1 amide bonds. The molecule has 5 heteroatoms. The second-order valence-corrected chi connectivity index (χ2v) is 4.62. The van der Waals surface area contributed by atoms with Crippen LogP contribution in [0.2, 0.25) is 0 Å². The van der Waals surface area contributed by atoms with Gasteiger partial charge in [-0.15, -0.1) is 0 Å². The average Bonchev–Trinajstić information content (AvgIpc) is 2.75. The van der Waals surface area contributed by atoms with Gasteiger partial charge < -0.3 is 10.1 Å². The first kappa shape index (κ1) is 14.1. The fourth-order valence-electron chi connectivity index (χ4n) is 1.84. The van der Waals surface area contributed by atoms with Gasteiger partial charge in [-0.05, 0) is 37.6 Å². The summed E-state index contributed by atoms with van der Waals surface area (Å²) in [6.45, 7) is 4.62. The summed E-state index contributed by atoms with van der Waals surface area (Å²) in [6, 6.07) is 8.95. The minimum Gasteiger partial charge on any atom is -0.494 e. The standard InChI is InChI=1S/C15H19N3O2/c1-4-9-20-13-7-5-12(6-8-13)15(19)16-14-10-11(2)17-18(14)3/h5-8,10H,4,9H2,1-3H3,(H,16,19). The van der Waals surface area contributed by atoms with Crippen LogP contribution in [0.1, 0.15) is 29.4 Å². The van der Waals surface area contributed by atoms with Gasteiger partial charge in [0.15, 0.2) is 0 Å². The third-order valence-electron chi connectivity index (χ3n) is 2.83. The van der Waals surface area contributed by atoms with Crippen LogP contribution < -0.4 is 10.1 Å². The van der Waals surface area contributed by atoms with Crippen molar-refractivity contribution in [3.8, 4) is 5.75 Å². The number of hydrogen-bond acceptors (Lipinski definition) is 3. The van der Waals surface area contributed by atoms with Gasteiger partial charge in [0.05, 0.1) is 12.3 Å². The summed E-state index contributed by atoms with van der Waals surface area (Å²) in [4.78, 5) is 12.1. The van der Waals surface area contributed by atoms with Crippen molar-refractivity contribution in [3.63, 3.8) is 0 Å². The molecule has 2 rings (SSSR count). The van der Waals surface area contributed by atoms with Crippen molar-refractivity contribution in [2.45, 2.75) is 20.3 Å². The molecule has 0 aliphatic carbocycles. The first-order chi connectivity index (χ1) is 9.60. The molecule has 0 atom stereocenters. The van der Waals surface area contributed by atoms with Gasteiger partial charge in [-0.1, -0.05) is 6.92 Å². The summed E-state index contributed by atoms with van der Waals surface area (Å²) in [7, 11) is 1.80. The summed E-state index contributed by atoms with van der Waals surface area (Å²) < 4.78 is 7.13. The number of aromatic nitrogens is 2. The molecular weight excluding hydrogens is 254 g/mol. The monoisotopic (exact) mass is 273 g/mol. The Kier molecular flexibility index (Phi) is 4.40. The number of aryl methyl sites for hydroxylation is 2. The smallest absolute Gasteiger partial charge is 0.256 e. The zero-order valence-electron chi connectivity index (χ0n) is 12.0. The van der Waals surface area contributed by atoms with Gasteiger partial charge in [-0.2, -0.15) is 5.10 Å². The van der Waals surface area contributed by atoms with Crippen molar-refractivity contribution >= 4 is 11.7 Å². The quantitative estimate of drug-likeness (QED) is 0.911. The van der Waals surface area contributed by atoms with E-state index in [1.165, 1.54) is 0 Å². The Labute approximate surface area is 118 Å². The van der Waals surface area contributed by atoms with Crippen LogP contribution in [0.15, 0.2) is 30.3 Å². The van der Waals surface area contributed by atoms with Gasteiger partial charge in [0.2, 0.25) is 0 Å². The van der Waals surface area contributed by atoms with Crippen molar-refractivity contribution < 1.29 is 9.53 Å². The van der Waals surface area contributed by atoms with Crippen LogP contribution in [-0.2, 0) is 7.05 Å². The van der Waals surface area contributed by atoms with E-state index in [-0.39, 0.29) is 5.91 Å². The van der Waals surface area contributed by atoms with Crippen molar-refractivity contribution in [2.24, 2.45) is 7.05 Å². The molecule has 1 aromatic carbocycles. The number of hydrogen-bond donors (Lipinski definition) is 1.